The van der Waals surface area contributed by atoms with Crippen LogP contribution in [0.1, 0.15) is 0 Å². The smallest absolute Gasteiger partial charge is 0.199 e. The van der Waals surface area contributed by atoms with Gasteiger partial charge in [-0.25, -0.2) is 4.99 Å². The molecule has 0 saturated heterocycles. The van der Waals surface area contributed by atoms with Crippen LogP contribution in [-0.2, 0) is 0 Å². The molecule has 0 aromatic carbocycles. The number of rotatable bonds is 2. The van der Waals surface area contributed by atoms with Crippen molar-refractivity contribution in [1.82, 2.24) is 5.32 Å². The summed E-state index contributed by atoms with van der Waals surface area (Å²) in [6.45, 7) is 6.71. The number of hydrogen-bond donors (Lipinski definition) is 1. The summed E-state index contributed by atoms with van der Waals surface area (Å²) in [6, 6.07) is 0. The molecule has 1 N–H and O–H groups in total. The van der Waals surface area contributed by atoms with E-state index < -0.39 is 0 Å². The molecular formula is C5H7ClN2. The summed E-state index contributed by atoms with van der Waals surface area (Å²) in [7, 11) is 0. The van der Waals surface area contributed by atoms with Gasteiger partial charge < -0.3 is 5.32 Å². The Morgan fingerprint density at radius 1 is 1.62 bits per heavy atom. The van der Waals surface area contributed by atoms with E-state index in [1.807, 2.05) is 0 Å². The van der Waals surface area contributed by atoms with Gasteiger partial charge in [-0.05, 0) is 17.8 Å². The van der Waals surface area contributed by atoms with Gasteiger partial charge in [-0.1, -0.05) is 13.2 Å². The molecule has 0 rings (SSSR count). The fraction of sp³-hybridized carbons (Fsp3) is 0. The Morgan fingerprint density at radius 3 is 2.62 bits per heavy atom. The van der Waals surface area contributed by atoms with Crippen LogP contribution in [0.15, 0.2) is 30.6 Å². The molecule has 0 aliphatic rings. The van der Waals surface area contributed by atoms with Gasteiger partial charge in [-0.3, -0.25) is 0 Å². The maximum atomic E-state index is 5.38. The topological polar surface area (TPSA) is 24.4 Å². The summed E-state index contributed by atoms with van der Waals surface area (Å²) in [6.07, 6.45) is 2.79. The average Bonchev–Trinajstić information content (AvgIpc) is 1.68. The number of nitrogens with zero attached hydrogens (tertiary/aromatic N) is 1. The van der Waals surface area contributed by atoms with E-state index in [2.05, 4.69) is 23.5 Å². The molecule has 2 nitrogen and oxygen atoms in total. The molecule has 0 aliphatic heterocycles. The molecule has 0 bridgehead atoms. The molecule has 3 heteroatoms. The average molecular weight is 131 g/mol. The summed E-state index contributed by atoms with van der Waals surface area (Å²) >= 11 is 5.38. The first kappa shape index (κ1) is 7.24. The van der Waals surface area contributed by atoms with Crippen LogP contribution in [0.3, 0.4) is 0 Å². The molecule has 0 radical (unpaired) electrons. The molecule has 0 aliphatic carbocycles. The number of hydrogen-bond acceptors (Lipinski definition) is 1. The van der Waals surface area contributed by atoms with Crippen LogP contribution in [0.25, 0.3) is 0 Å². The molecular weight excluding hydrogens is 124 g/mol. The van der Waals surface area contributed by atoms with Gasteiger partial charge in [0.05, 0.1) is 0 Å². The Balaban J connectivity index is 3.60. The number of nitrogens with one attached hydrogen (secondary N) is 1. The van der Waals surface area contributed by atoms with E-state index in [9.17, 15) is 0 Å². The normalized spacial score (nSPS) is 10.4. The van der Waals surface area contributed by atoms with E-state index in [0.29, 0.717) is 0 Å². The predicted octanol–water partition coefficient (Wildman–Crippen LogP) is 1.46. The number of halogens is 1. The summed E-state index contributed by atoms with van der Waals surface area (Å²) in [4.78, 5) is 3.58. The van der Waals surface area contributed by atoms with Gasteiger partial charge in [0.15, 0.2) is 5.29 Å². The molecule has 0 fully saturated rings. The zero-order valence-corrected chi connectivity index (χ0v) is 5.15. The van der Waals surface area contributed by atoms with Gasteiger partial charge in [0.2, 0.25) is 0 Å². The van der Waals surface area contributed by atoms with E-state index in [1.54, 1.807) is 0 Å². The Labute approximate surface area is 53.6 Å². The van der Waals surface area contributed by atoms with Crippen LogP contribution < -0.4 is 5.32 Å². The van der Waals surface area contributed by atoms with Crippen LogP contribution in [0.2, 0.25) is 0 Å². The van der Waals surface area contributed by atoms with E-state index in [0.717, 1.165) is 0 Å². The SMILES string of the molecule is C=CN=C(Cl)NC=C. The lowest BCUT2D eigenvalue weighted by Crippen LogP contribution is -2.08. The third-order valence-electron chi connectivity index (χ3n) is 0.426. The molecule has 0 aromatic heterocycles. The van der Waals surface area contributed by atoms with Crippen molar-refractivity contribution in [3.8, 4) is 0 Å². The van der Waals surface area contributed by atoms with Crippen molar-refractivity contribution in [3.05, 3.63) is 25.6 Å². The molecule has 0 atom stereocenters. The lowest BCUT2D eigenvalue weighted by Gasteiger charge is -1.89. The maximum absolute atomic E-state index is 5.38. The predicted molar refractivity (Wildman–Crippen MR) is 36.8 cm³/mol. The zero-order valence-electron chi connectivity index (χ0n) is 4.39. The maximum Gasteiger partial charge on any atom is 0.199 e. The highest BCUT2D eigenvalue weighted by Crippen LogP contribution is 1.79. The van der Waals surface area contributed by atoms with Gasteiger partial charge in [-0.15, -0.1) is 0 Å². The second-order valence-electron chi connectivity index (χ2n) is 0.951. The number of aliphatic imine (C=N–C) groups is 1. The molecule has 0 saturated carbocycles. The Morgan fingerprint density at radius 2 is 2.25 bits per heavy atom. The van der Waals surface area contributed by atoms with Crippen molar-refractivity contribution >= 4 is 16.9 Å². The van der Waals surface area contributed by atoms with E-state index in [1.165, 1.54) is 12.4 Å². The first-order valence-corrected chi connectivity index (χ1v) is 2.40. The van der Waals surface area contributed by atoms with E-state index >= 15 is 0 Å². The van der Waals surface area contributed by atoms with Crippen molar-refractivity contribution < 1.29 is 0 Å². The summed E-state index contributed by atoms with van der Waals surface area (Å²) in [5.41, 5.74) is 0. The van der Waals surface area contributed by atoms with Gasteiger partial charge in [0, 0.05) is 6.20 Å². The quantitative estimate of drug-likeness (QED) is 0.342. The standard InChI is InChI=1S/C5H7ClN2/c1-3-7-5(6)8-4-2/h3-4H,1-2H2,(H,7,8). The van der Waals surface area contributed by atoms with E-state index in [4.69, 9.17) is 11.6 Å². The highest BCUT2D eigenvalue weighted by molar-refractivity contribution is 6.64. The van der Waals surface area contributed by atoms with Crippen molar-refractivity contribution in [2.45, 2.75) is 0 Å². The second-order valence-corrected chi connectivity index (χ2v) is 1.31. The Kier molecular flexibility index (Phi) is 3.98. The lowest BCUT2D eigenvalue weighted by atomic mass is 10.9. The fourth-order valence-corrected chi connectivity index (χ4v) is 0.348. The lowest BCUT2D eigenvalue weighted by molar-refractivity contribution is 1.30. The van der Waals surface area contributed by atoms with Crippen LogP contribution in [-0.4, -0.2) is 5.29 Å². The largest absolute Gasteiger partial charge is 0.338 e. The monoisotopic (exact) mass is 130 g/mol. The molecule has 0 spiro atoms. The summed E-state index contributed by atoms with van der Waals surface area (Å²) in [5.74, 6) is 0. The van der Waals surface area contributed by atoms with Crippen LogP contribution in [0.5, 0.6) is 0 Å². The zero-order chi connectivity index (χ0) is 6.41. The summed E-state index contributed by atoms with van der Waals surface area (Å²) in [5, 5.41) is 2.83. The molecule has 0 heterocycles. The minimum absolute atomic E-state index is 0.273. The summed E-state index contributed by atoms with van der Waals surface area (Å²) < 4.78 is 0. The van der Waals surface area contributed by atoms with Crippen molar-refractivity contribution in [2.75, 3.05) is 0 Å². The van der Waals surface area contributed by atoms with Gasteiger partial charge in [0.25, 0.3) is 0 Å². The molecule has 0 amide bonds. The molecule has 44 valence electrons. The number of amidine groups is 1. The fourth-order valence-electron chi connectivity index (χ4n) is 0.202. The van der Waals surface area contributed by atoms with Crippen LogP contribution >= 0.6 is 11.6 Å². The second kappa shape index (κ2) is 4.40. The van der Waals surface area contributed by atoms with E-state index in [-0.39, 0.29) is 5.29 Å². The Hall–Kier alpha value is -0.760. The first-order chi connectivity index (χ1) is 3.81. The van der Waals surface area contributed by atoms with Crippen LogP contribution in [0.4, 0.5) is 0 Å². The minimum atomic E-state index is 0.273. The van der Waals surface area contributed by atoms with Crippen molar-refractivity contribution in [1.29, 1.82) is 0 Å². The molecule has 0 unspecified atom stereocenters. The minimum Gasteiger partial charge on any atom is -0.338 e. The van der Waals surface area contributed by atoms with Crippen molar-refractivity contribution in [3.63, 3.8) is 0 Å². The highest BCUT2D eigenvalue weighted by atomic mass is 35.5. The molecule has 0 aromatic rings. The van der Waals surface area contributed by atoms with Crippen molar-refractivity contribution in [2.24, 2.45) is 4.99 Å². The molecule has 8 heavy (non-hydrogen) atoms. The van der Waals surface area contributed by atoms with Gasteiger partial charge in [0.1, 0.15) is 0 Å². The third-order valence-corrected chi connectivity index (χ3v) is 0.632. The van der Waals surface area contributed by atoms with Crippen LogP contribution in [0, 0.1) is 0 Å². The van der Waals surface area contributed by atoms with Gasteiger partial charge >= 0.3 is 0 Å². The first-order valence-electron chi connectivity index (χ1n) is 2.03. The van der Waals surface area contributed by atoms with Gasteiger partial charge in [-0.2, -0.15) is 0 Å². The highest BCUT2D eigenvalue weighted by Gasteiger charge is 1.79. The Bertz CT molecular complexity index is 118. The third kappa shape index (κ3) is 3.43.